The number of nitrogens with one attached hydrogen (secondary N) is 1. The molecule has 10 heteroatoms. The van der Waals surface area contributed by atoms with E-state index in [4.69, 9.17) is 4.74 Å². The number of phenols is 1. The number of methoxy groups -OCH3 is 1. The van der Waals surface area contributed by atoms with Gasteiger partial charge in [-0.3, -0.25) is 4.79 Å². The van der Waals surface area contributed by atoms with Crippen molar-refractivity contribution in [2.75, 3.05) is 7.11 Å². The van der Waals surface area contributed by atoms with Crippen LogP contribution in [0, 0.1) is 5.82 Å². The lowest BCUT2D eigenvalue weighted by molar-refractivity contribution is -0.122. The average Bonchev–Trinajstić information content (AvgIpc) is 3.12. The first-order valence-corrected chi connectivity index (χ1v) is 7.78. The maximum Gasteiger partial charge on any atom is 0.263 e. The molecule has 0 aliphatic rings. The first-order valence-electron chi connectivity index (χ1n) is 7.78. The predicted molar refractivity (Wildman–Crippen MR) is 93.6 cm³/mol. The Balaban J connectivity index is 1.57. The van der Waals surface area contributed by atoms with Crippen molar-refractivity contribution >= 4 is 12.1 Å². The van der Waals surface area contributed by atoms with Crippen LogP contribution in [0.3, 0.4) is 0 Å². The highest BCUT2D eigenvalue weighted by Gasteiger charge is 2.09. The fraction of sp³-hybridized carbons (Fsp3) is 0.118. The zero-order valence-corrected chi connectivity index (χ0v) is 14.2. The third kappa shape index (κ3) is 4.63. The molecule has 1 aromatic heterocycles. The number of halogens is 1. The van der Waals surface area contributed by atoms with Gasteiger partial charge in [0.15, 0.2) is 11.5 Å². The first kappa shape index (κ1) is 18.0. The monoisotopic (exact) mass is 370 g/mol. The summed E-state index contributed by atoms with van der Waals surface area (Å²) in [6, 6.07) is 10.3. The van der Waals surface area contributed by atoms with Crippen molar-refractivity contribution in [3.05, 3.63) is 53.8 Å². The summed E-state index contributed by atoms with van der Waals surface area (Å²) in [6.07, 6.45) is 1.40. The van der Waals surface area contributed by atoms with Crippen molar-refractivity contribution in [2.45, 2.75) is 6.54 Å². The molecular formula is C17H15FN6O3. The Morgan fingerprint density at radius 2 is 2.11 bits per heavy atom. The number of hydrazone groups is 1. The van der Waals surface area contributed by atoms with Gasteiger partial charge >= 0.3 is 0 Å². The van der Waals surface area contributed by atoms with Gasteiger partial charge in [-0.1, -0.05) is 0 Å². The van der Waals surface area contributed by atoms with E-state index in [2.05, 4.69) is 25.9 Å². The molecule has 27 heavy (non-hydrogen) atoms. The number of carbonyl (C=O) groups excluding carboxylic acids is 1. The fourth-order valence-corrected chi connectivity index (χ4v) is 2.14. The van der Waals surface area contributed by atoms with Crippen LogP contribution < -0.4 is 10.2 Å². The van der Waals surface area contributed by atoms with Crippen molar-refractivity contribution in [1.29, 1.82) is 0 Å². The van der Waals surface area contributed by atoms with Gasteiger partial charge in [-0.2, -0.15) is 9.90 Å². The van der Waals surface area contributed by atoms with E-state index in [1.165, 1.54) is 43.7 Å². The number of hydrogen-bond donors (Lipinski definition) is 2. The maximum absolute atomic E-state index is 12.9. The number of benzene rings is 2. The average molecular weight is 370 g/mol. The number of ether oxygens (including phenoxy) is 1. The molecule has 9 nitrogen and oxygen atoms in total. The second-order valence-electron chi connectivity index (χ2n) is 5.37. The largest absolute Gasteiger partial charge is 0.504 e. The van der Waals surface area contributed by atoms with E-state index in [9.17, 15) is 14.3 Å². The number of amides is 1. The summed E-state index contributed by atoms with van der Waals surface area (Å²) in [4.78, 5) is 13.0. The van der Waals surface area contributed by atoms with E-state index in [0.29, 0.717) is 16.9 Å². The smallest absolute Gasteiger partial charge is 0.263 e. The zero-order valence-electron chi connectivity index (χ0n) is 14.2. The lowest BCUT2D eigenvalue weighted by Gasteiger charge is -2.03. The predicted octanol–water partition coefficient (Wildman–Crippen LogP) is 1.34. The van der Waals surface area contributed by atoms with E-state index in [1.54, 1.807) is 12.1 Å². The topological polar surface area (TPSA) is 115 Å². The van der Waals surface area contributed by atoms with Crippen molar-refractivity contribution < 1.29 is 19.0 Å². The Kier molecular flexibility index (Phi) is 5.36. The molecule has 1 heterocycles. The van der Waals surface area contributed by atoms with Gasteiger partial charge in [0.1, 0.15) is 12.4 Å². The van der Waals surface area contributed by atoms with Gasteiger partial charge in [0.2, 0.25) is 5.82 Å². The minimum Gasteiger partial charge on any atom is -0.504 e. The normalized spacial score (nSPS) is 10.9. The minimum absolute atomic E-state index is 0.00732. The molecule has 3 rings (SSSR count). The van der Waals surface area contributed by atoms with Crippen LogP contribution in [0.4, 0.5) is 4.39 Å². The van der Waals surface area contributed by atoms with Crippen LogP contribution in [-0.4, -0.2) is 44.5 Å². The molecule has 0 fully saturated rings. The number of tetrazole rings is 1. The number of nitrogens with zero attached hydrogens (tertiary/aromatic N) is 5. The standard InChI is InChI=1S/C17H15FN6O3/c1-27-15-8-11(2-7-14(15)25)9-19-20-16(26)10-24-22-17(21-23-24)12-3-5-13(18)6-4-12/h2-9,25H,10H2,1H3,(H,20,26)/b19-9-. The highest BCUT2D eigenvalue weighted by molar-refractivity contribution is 5.83. The van der Waals surface area contributed by atoms with Crippen molar-refractivity contribution in [3.63, 3.8) is 0 Å². The Bertz CT molecular complexity index is 971. The molecule has 1 amide bonds. The summed E-state index contributed by atoms with van der Waals surface area (Å²) in [7, 11) is 1.43. The summed E-state index contributed by atoms with van der Waals surface area (Å²) in [5, 5.41) is 25.0. The van der Waals surface area contributed by atoms with E-state index < -0.39 is 5.91 Å². The van der Waals surface area contributed by atoms with Gasteiger partial charge < -0.3 is 9.84 Å². The fourth-order valence-electron chi connectivity index (χ4n) is 2.14. The number of hydrogen-bond acceptors (Lipinski definition) is 7. The van der Waals surface area contributed by atoms with Crippen LogP contribution in [0.5, 0.6) is 11.5 Å². The molecule has 0 aliphatic heterocycles. The number of phenolic OH excluding ortho intramolecular Hbond substituents is 1. The molecule has 0 spiro atoms. The molecule has 138 valence electrons. The number of aromatic nitrogens is 4. The Labute approximate surface area is 153 Å². The number of rotatable bonds is 6. The third-order valence-electron chi connectivity index (χ3n) is 3.45. The van der Waals surface area contributed by atoms with Crippen molar-refractivity contribution in [1.82, 2.24) is 25.6 Å². The molecule has 0 saturated carbocycles. The SMILES string of the molecule is COc1cc(/C=N\NC(=O)Cn2nnc(-c3ccc(F)cc3)n2)ccc1O. The molecule has 0 radical (unpaired) electrons. The van der Waals surface area contributed by atoms with Crippen LogP contribution in [0.1, 0.15) is 5.56 Å². The molecule has 0 unspecified atom stereocenters. The van der Waals surface area contributed by atoms with Crippen LogP contribution in [0.2, 0.25) is 0 Å². The van der Waals surface area contributed by atoms with E-state index in [0.717, 1.165) is 4.80 Å². The van der Waals surface area contributed by atoms with E-state index in [-0.39, 0.29) is 23.9 Å². The molecule has 0 aliphatic carbocycles. The van der Waals surface area contributed by atoms with Crippen LogP contribution in [-0.2, 0) is 11.3 Å². The Morgan fingerprint density at radius 1 is 1.33 bits per heavy atom. The zero-order chi connectivity index (χ0) is 19.2. The summed E-state index contributed by atoms with van der Waals surface area (Å²) in [5.41, 5.74) is 3.55. The quantitative estimate of drug-likeness (QED) is 0.500. The first-order chi connectivity index (χ1) is 13.0. The number of carbonyl (C=O) groups is 1. The molecule has 0 atom stereocenters. The molecule has 3 aromatic rings. The maximum atomic E-state index is 12.9. The Hall–Kier alpha value is -3.82. The molecule has 2 aromatic carbocycles. The lowest BCUT2D eigenvalue weighted by Crippen LogP contribution is -2.24. The highest BCUT2D eigenvalue weighted by atomic mass is 19.1. The second-order valence-corrected chi connectivity index (χ2v) is 5.37. The molecule has 0 bridgehead atoms. The molecular weight excluding hydrogens is 355 g/mol. The highest BCUT2D eigenvalue weighted by Crippen LogP contribution is 2.25. The third-order valence-corrected chi connectivity index (χ3v) is 3.45. The van der Waals surface area contributed by atoms with E-state index in [1.807, 2.05) is 0 Å². The van der Waals surface area contributed by atoms with Crippen molar-refractivity contribution in [2.24, 2.45) is 5.10 Å². The summed E-state index contributed by atoms with van der Waals surface area (Å²) in [5.74, 6) is -0.240. The van der Waals surface area contributed by atoms with Crippen LogP contribution in [0.25, 0.3) is 11.4 Å². The van der Waals surface area contributed by atoms with Gasteiger partial charge in [0.25, 0.3) is 5.91 Å². The molecule has 0 saturated heterocycles. The summed E-state index contributed by atoms with van der Waals surface area (Å²) < 4.78 is 17.9. The molecule has 2 N–H and O–H groups in total. The summed E-state index contributed by atoms with van der Waals surface area (Å²) in [6.45, 7) is -0.190. The van der Waals surface area contributed by atoms with Crippen LogP contribution in [0.15, 0.2) is 47.6 Å². The van der Waals surface area contributed by atoms with Gasteiger partial charge in [-0.15, -0.1) is 10.2 Å². The minimum atomic E-state index is -0.458. The van der Waals surface area contributed by atoms with Gasteiger partial charge in [0, 0.05) is 5.56 Å². The van der Waals surface area contributed by atoms with Gasteiger partial charge in [-0.25, -0.2) is 9.82 Å². The van der Waals surface area contributed by atoms with Gasteiger partial charge in [0.05, 0.1) is 13.3 Å². The van der Waals surface area contributed by atoms with Crippen molar-refractivity contribution in [3.8, 4) is 22.9 Å². The van der Waals surface area contributed by atoms with E-state index >= 15 is 0 Å². The number of aromatic hydroxyl groups is 1. The second kappa shape index (κ2) is 8.04. The van der Waals surface area contributed by atoms with Gasteiger partial charge in [-0.05, 0) is 53.2 Å². The lowest BCUT2D eigenvalue weighted by atomic mass is 10.2. The summed E-state index contributed by atoms with van der Waals surface area (Å²) >= 11 is 0. The van der Waals surface area contributed by atoms with Crippen LogP contribution >= 0.6 is 0 Å². The Morgan fingerprint density at radius 3 is 2.85 bits per heavy atom.